The lowest BCUT2D eigenvalue weighted by Gasteiger charge is -2.43. The van der Waals surface area contributed by atoms with Crippen LogP contribution in [0.15, 0.2) is 0 Å². The molecular weight excluding hydrogens is 248 g/mol. The van der Waals surface area contributed by atoms with Gasteiger partial charge in [-0.25, -0.2) is 0 Å². The lowest BCUT2D eigenvalue weighted by molar-refractivity contribution is 0.0416. The van der Waals surface area contributed by atoms with E-state index in [1.807, 2.05) is 0 Å². The molecule has 2 unspecified atom stereocenters. The number of nitrogens with zero attached hydrogens (tertiary/aromatic N) is 1. The molecule has 1 aliphatic rings. The van der Waals surface area contributed by atoms with Crippen molar-refractivity contribution in [1.29, 1.82) is 0 Å². The van der Waals surface area contributed by atoms with Crippen molar-refractivity contribution in [3.05, 3.63) is 0 Å². The van der Waals surface area contributed by atoms with Crippen LogP contribution in [0.1, 0.15) is 59.8 Å². The molecule has 1 aliphatic carbocycles. The van der Waals surface area contributed by atoms with Crippen LogP contribution in [0.25, 0.3) is 0 Å². The first kappa shape index (κ1) is 17.9. The highest BCUT2D eigenvalue weighted by molar-refractivity contribution is 4.94. The first-order valence-electron chi connectivity index (χ1n) is 8.62. The summed E-state index contributed by atoms with van der Waals surface area (Å²) in [6, 6.07) is 0. The van der Waals surface area contributed by atoms with Crippen LogP contribution in [0.2, 0.25) is 0 Å². The summed E-state index contributed by atoms with van der Waals surface area (Å²) in [5, 5.41) is 0. The van der Waals surface area contributed by atoms with Crippen LogP contribution < -0.4 is 5.73 Å². The predicted octanol–water partition coefficient (Wildman–Crippen LogP) is 3.28. The maximum absolute atomic E-state index is 6.23. The van der Waals surface area contributed by atoms with Crippen LogP contribution in [-0.4, -0.2) is 43.3 Å². The quantitative estimate of drug-likeness (QED) is 0.549. The van der Waals surface area contributed by atoms with E-state index in [1.165, 1.54) is 32.1 Å². The number of likely N-dealkylation sites (N-methyl/N-ethyl adjacent to an activating group) is 1. The van der Waals surface area contributed by atoms with Crippen molar-refractivity contribution in [3.63, 3.8) is 0 Å². The second kappa shape index (κ2) is 9.01. The molecule has 1 fully saturated rings. The van der Waals surface area contributed by atoms with Crippen molar-refractivity contribution in [2.75, 3.05) is 32.8 Å². The smallest absolute Gasteiger partial charge is 0.0593 e. The second-order valence-electron chi connectivity index (χ2n) is 6.64. The number of ether oxygens (including phenoxy) is 1. The number of hydrogen-bond donors (Lipinski definition) is 1. The van der Waals surface area contributed by atoms with Gasteiger partial charge in [-0.05, 0) is 44.6 Å². The van der Waals surface area contributed by atoms with E-state index in [-0.39, 0.29) is 5.54 Å². The second-order valence-corrected chi connectivity index (χ2v) is 6.64. The van der Waals surface area contributed by atoms with Crippen LogP contribution in [0.4, 0.5) is 0 Å². The summed E-state index contributed by atoms with van der Waals surface area (Å²) in [4.78, 5) is 2.59. The van der Waals surface area contributed by atoms with Crippen LogP contribution in [0.3, 0.4) is 0 Å². The molecule has 0 aliphatic heterocycles. The largest absolute Gasteiger partial charge is 0.380 e. The van der Waals surface area contributed by atoms with Gasteiger partial charge in [0.2, 0.25) is 0 Å². The zero-order valence-electron chi connectivity index (χ0n) is 14.2. The SMILES string of the molecule is CCOCCN(CC)C1(CN)CCCC(C(C)C)CC1. The van der Waals surface area contributed by atoms with Crippen molar-refractivity contribution < 1.29 is 4.74 Å². The van der Waals surface area contributed by atoms with Gasteiger partial charge in [-0.2, -0.15) is 0 Å². The minimum atomic E-state index is 0.218. The lowest BCUT2D eigenvalue weighted by atomic mass is 9.85. The molecule has 3 heteroatoms. The third kappa shape index (κ3) is 4.71. The third-order valence-corrected chi connectivity index (χ3v) is 5.28. The Labute approximate surface area is 126 Å². The van der Waals surface area contributed by atoms with Gasteiger partial charge in [0.05, 0.1) is 6.61 Å². The molecule has 0 heterocycles. The Kier molecular flexibility index (Phi) is 8.08. The van der Waals surface area contributed by atoms with Gasteiger partial charge in [0, 0.05) is 25.2 Å². The highest BCUT2D eigenvalue weighted by atomic mass is 16.5. The topological polar surface area (TPSA) is 38.5 Å². The molecule has 0 radical (unpaired) electrons. The first-order valence-corrected chi connectivity index (χ1v) is 8.62. The summed E-state index contributed by atoms with van der Waals surface area (Å²) in [6.07, 6.45) is 6.55. The molecule has 3 nitrogen and oxygen atoms in total. The van der Waals surface area contributed by atoms with Gasteiger partial charge >= 0.3 is 0 Å². The summed E-state index contributed by atoms with van der Waals surface area (Å²) in [7, 11) is 0. The first-order chi connectivity index (χ1) is 9.59. The molecule has 1 rings (SSSR count). The fourth-order valence-corrected chi connectivity index (χ4v) is 3.78. The lowest BCUT2D eigenvalue weighted by Crippen LogP contribution is -2.54. The molecule has 0 bridgehead atoms. The molecule has 0 saturated heterocycles. The van der Waals surface area contributed by atoms with Crippen LogP contribution in [-0.2, 0) is 4.74 Å². The van der Waals surface area contributed by atoms with Gasteiger partial charge < -0.3 is 10.5 Å². The molecule has 0 amide bonds. The van der Waals surface area contributed by atoms with E-state index in [9.17, 15) is 0 Å². The summed E-state index contributed by atoms with van der Waals surface area (Å²) in [5.74, 6) is 1.69. The molecule has 20 heavy (non-hydrogen) atoms. The van der Waals surface area contributed by atoms with Gasteiger partial charge in [0.15, 0.2) is 0 Å². The van der Waals surface area contributed by atoms with Crippen molar-refractivity contribution in [2.45, 2.75) is 65.3 Å². The predicted molar refractivity (Wildman–Crippen MR) is 86.9 cm³/mol. The Morgan fingerprint density at radius 3 is 2.55 bits per heavy atom. The van der Waals surface area contributed by atoms with Gasteiger partial charge in [-0.15, -0.1) is 0 Å². The zero-order valence-corrected chi connectivity index (χ0v) is 14.2. The number of hydrogen-bond acceptors (Lipinski definition) is 3. The van der Waals surface area contributed by atoms with Crippen molar-refractivity contribution in [2.24, 2.45) is 17.6 Å². The number of rotatable bonds is 8. The zero-order chi connectivity index (χ0) is 15.0. The fraction of sp³-hybridized carbons (Fsp3) is 1.00. The standard InChI is InChI=1S/C17H36N2O/c1-5-19(12-13-20-6-2)17(14-18)10-7-8-16(9-11-17)15(3)4/h15-16H,5-14,18H2,1-4H3. The molecule has 0 aromatic carbocycles. The van der Waals surface area contributed by atoms with E-state index in [0.29, 0.717) is 0 Å². The summed E-state index contributed by atoms with van der Waals surface area (Å²) >= 11 is 0. The van der Waals surface area contributed by atoms with Crippen LogP contribution in [0.5, 0.6) is 0 Å². The number of nitrogens with two attached hydrogens (primary N) is 1. The van der Waals surface area contributed by atoms with E-state index in [2.05, 4.69) is 32.6 Å². The molecule has 0 aromatic heterocycles. The van der Waals surface area contributed by atoms with Crippen molar-refractivity contribution in [3.8, 4) is 0 Å². The van der Waals surface area contributed by atoms with Gasteiger partial charge in [-0.1, -0.05) is 33.6 Å². The van der Waals surface area contributed by atoms with Gasteiger partial charge in [0.25, 0.3) is 0 Å². The van der Waals surface area contributed by atoms with E-state index in [4.69, 9.17) is 10.5 Å². The average molecular weight is 284 g/mol. The summed E-state index contributed by atoms with van der Waals surface area (Å²) < 4.78 is 5.55. The summed E-state index contributed by atoms with van der Waals surface area (Å²) in [5.41, 5.74) is 6.45. The molecule has 120 valence electrons. The Morgan fingerprint density at radius 2 is 2.00 bits per heavy atom. The maximum atomic E-state index is 6.23. The highest BCUT2D eigenvalue weighted by Crippen LogP contribution is 2.36. The van der Waals surface area contributed by atoms with Gasteiger partial charge in [0.1, 0.15) is 0 Å². The van der Waals surface area contributed by atoms with Crippen molar-refractivity contribution >= 4 is 0 Å². The highest BCUT2D eigenvalue weighted by Gasteiger charge is 2.36. The minimum Gasteiger partial charge on any atom is -0.380 e. The third-order valence-electron chi connectivity index (χ3n) is 5.28. The fourth-order valence-electron chi connectivity index (χ4n) is 3.78. The Balaban J connectivity index is 2.68. The summed E-state index contributed by atoms with van der Waals surface area (Å²) in [6.45, 7) is 13.6. The van der Waals surface area contributed by atoms with E-state index in [1.54, 1.807) is 0 Å². The molecular formula is C17H36N2O. The van der Waals surface area contributed by atoms with E-state index < -0.39 is 0 Å². The van der Waals surface area contributed by atoms with Crippen LogP contribution in [0, 0.1) is 11.8 Å². The normalized spacial score (nSPS) is 28.1. The molecule has 0 spiro atoms. The van der Waals surface area contributed by atoms with Crippen LogP contribution >= 0.6 is 0 Å². The maximum Gasteiger partial charge on any atom is 0.0593 e. The molecule has 2 N–H and O–H groups in total. The Morgan fingerprint density at radius 1 is 1.25 bits per heavy atom. The average Bonchev–Trinajstić information content (AvgIpc) is 2.67. The molecule has 1 saturated carbocycles. The Hall–Kier alpha value is -0.120. The Bertz CT molecular complexity index is 257. The van der Waals surface area contributed by atoms with Crippen molar-refractivity contribution in [1.82, 2.24) is 4.90 Å². The molecule has 2 atom stereocenters. The monoisotopic (exact) mass is 284 g/mol. The van der Waals surface area contributed by atoms with E-state index >= 15 is 0 Å². The molecule has 0 aromatic rings. The minimum absolute atomic E-state index is 0.218. The van der Waals surface area contributed by atoms with E-state index in [0.717, 1.165) is 44.7 Å². The van der Waals surface area contributed by atoms with Gasteiger partial charge in [-0.3, -0.25) is 4.90 Å².